The molecular weight excluding hydrogens is 407 g/mol. The first-order chi connectivity index (χ1) is 14.3. The Hall–Kier alpha value is -3.07. The second-order valence-electron chi connectivity index (χ2n) is 7.29. The summed E-state index contributed by atoms with van der Waals surface area (Å²) < 4.78 is 16.9. The number of nitrogens with two attached hydrogens (primary N) is 1. The number of piperidine rings is 1. The Kier molecular flexibility index (Phi) is 6.31. The number of nitrogens with one attached hydrogen (secondary N) is 1. The third kappa shape index (κ3) is 3.97. The maximum atomic E-state index is 15.5. The van der Waals surface area contributed by atoms with Crippen LogP contribution in [0.3, 0.4) is 0 Å². The van der Waals surface area contributed by atoms with Crippen molar-refractivity contribution in [2.24, 2.45) is 5.73 Å². The van der Waals surface area contributed by atoms with Gasteiger partial charge in [0.15, 0.2) is 5.82 Å². The fraction of sp³-hybridized carbons (Fsp3) is 0.381. The van der Waals surface area contributed by atoms with Crippen molar-refractivity contribution in [2.45, 2.75) is 31.1 Å². The van der Waals surface area contributed by atoms with E-state index in [1.165, 1.54) is 10.9 Å². The van der Waals surface area contributed by atoms with E-state index in [0.717, 1.165) is 5.56 Å². The second-order valence-corrected chi connectivity index (χ2v) is 7.70. The highest BCUT2D eigenvalue weighted by molar-refractivity contribution is 6.31. The van der Waals surface area contributed by atoms with E-state index in [0.29, 0.717) is 30.1 Å². The Labute approximate surface area is 179 Å². The first kappa shape index (κ1) is 21.6. The van der Waals surface area contributed by atoms with Crippen molar-refractivity contribution in [3.05, 3.63) is 46.1 Å². The Morgan fingerprint density at radius 3 is 2.87 bits per heavy atom. The van der Waals surface area contributed by atoms with Gasteiger partial charge in [-0.2, -0.15) is 10.4 Å². The van der Waals surface area contributed by atoms with Gasteiger partial charge in [0.1, 0.15) is 17.3 Å². The number of rotatable bonds is 6. The number of nitrogens with zero attached hydrogens (tertiary/aromatic N) is 4. The van der Waals surface area contributed by atoms with Gasteiger partial charge in [-0.05, 0) is 24.1 Å². The van der Waals surface area contributed by atoms with E-state index in [-0.39, 0.29) is 24.3 Å². The zero-order valence-electron chi connectivity index (χ0n) is 16.5. The number of hydrogen-bond donors (Lipinski definition) is 2. The smallest absolute Gasteiger partial charge is 0.254 e. The summed E-state index contributed by atoms with van der Waals surface area (Å²) in [5, 5.41) is 17.0. The standard InChI is InChI=1S/C21H22ClFN6O/c1-3-14-4-5-15(17(22)10-14)11-28-9-7-21(6-8-24,18(23)13-28)29-12-16(19(25)30)20(26-2)27-29/h1,4-5,10,12,18H,6-7,9,11,13H2,2H3,(H2,25,30)(H,26,27). The predicted molar refractivity (Wildman–Crippen MR) is 113 cm³/mol. The highest BCUT2D eigenvalue weighted by atomic mass is 35.5. The molecule has 0 aliphatic carbocycles. The van der Waals surface area contributed by atoms with Gasteiger partial charge in [0.25, 0.3) is 5.91 Å². The molecule has 3 N–H and O–H groups in total. The minimum Gasteiger partial charge on any atom is -0.371 e. The van der Waals surface area contributed by atoms with Crippen LogP contribution in [0.25, 0.3) is 0 Å². The van der Waals surface area contributed by atoms with E-state index >= 15 is 4.39 Å². The highest BCUT2D eigenvalue weighted by Gasteiger charge is 2.46. The fourth-order valence-corrected chi connectivity index (χ4v) is 4.03. The molecule has 0 saturated carbocycles. The molecule has 0 radical (unpaired) electrons. The van der Waals surface area contributed by atoms with Gasteiger partial charge in [0.2, 0.25) is 0 Å². The second kappa shape index (κ2) is 8.74. The van der Waals surface area contributed by atoms with Crippen molar-refractivity contribution in [3.63, 3.8) is 0 Å². The molecule has 1 amide bonds. The zero-order valence-corrected chi connectivity index (χ0v) is 17.3. The number of halogens is 2. The van der Waals surface area contributed by atoms with Crippen LogP contribution in [0.1, 0.15) is 34.3 Å². The number of alkyl halides is 1. The lowest BCUT2D eigenvalue weighted by molar-refractivity contribution is 0.00695. The Morgan fingerprint density at radius 1 is 1.57 bits per heavy atom. The average molecular weight is 429 g/mol. The largest absolute Gasteiger partial charge is 0.371 e. The van der Waals surface area contributed by atoms with E-state index in [4.69, 9.17) is 23.8 Å². The van der Waals surface area contributed by atoms with Crippen molar-refractivity contribution in [1.29, 1.82) is 5.26 Å². The highest BCUT2D eigenvalue weighted by Crippen LogP contribution is 2.37. The number of benzene rings is 1. The van der Waals surface area contributed by atoms with Gasteiger partial charge >= 0.3 is 0 Å². The molecule has 0 spiro atoms. The van der Waals surface area contributed by atoms with Crippen LogP contribution in [0.15, 0.2) is 24.4 Å². The number of carbonyl (C=O) groups excluding carboxylic acids is 1. The summed E-state index contributed by atoms with van der Waals surface area (Å²) in [5.74, 6) is 2.12. The van der Waals surface area contributed by atoms with E-state index in [1.54, 1.807) is 19.2 Å². The molecular formula is C21H22ClFN6O. The number of amides is 1. The summed E-state index contributed by atoms with van der Waals surface area (Å²) in [7, 11) is 1.60. The molecule has 1 aliphatic heterocycles. The third-order valence-corrected chi connectivity index (χ3v) is 5.89. The van der Waals surface area contributed by atoms with Crippen LogP contribution < -0.4 is 11.1 Å². The number of likely N-dealkylation sites (tertiary alicyclic amines) is 1. The minimum atomic E-state index is -1.39. The van der Waals surface area contributed by atoms with Crippen LogP contribution in [0, 0.1) is 23.7 Å². The van der Waals surface area contributed by atoms with Gasteiger partial charge in [-0.1, -0.05) is 23.6 Å². The monoisotopic (exact) mass is 428 g/mol. The molecule has 0 bridgehead atoms. The molecule has 1 fully saturated rings. The summed E-state index contributed by atoms with van der Waals surface area (Å²) in [5.41, 5.74) is 5.92. The molecule has 1 saturated heterocycles. The fourth-order valence-electron chi connectivity index (χ4n) is 3.79. The normalized spacial score (nSPS) is 21.6. The molecule has 30 heavy (non-hydrogen) atoms. The van der Waals surface area contributed by atoms with E-state index in [1.807, 2.05) is 11.0 Å². The molecule has 2 unspecified atom stereocenters. The molecule has 2 heterocycles. The topological polar surface area (TPSA) is 100.0 Å². The van der Waals surface area contributed by atoms with Gasteiger partial charge in [-0.3, -0.25) is 14.4 Å². The molecule has 3 rings (SSSR count). The number of nitriles is 1. The Bertz CT molecular complexity index is 1040. The number of primary amides is 1. The summed E-state index contributed by atoms with van der Waals surface area (Å²) in [6.45, 7) is 1.08. The van der Waals surface area contributed by atoms with Crippen molar-refractivity contribution < 1.29 is 9.18 Å². The number of hydrogen-bond acceptors (Lipinski definition) is 5. The number of terminal acetylenes is 1. The summed E-state index contributed by atoms with van der Waals surface area (Å²) in [6.07, 6.45) is 5.68. The molecule has 9 heteroatoms. The molecule has 7 nitrogen and oxygen atoms in total. The van der Waals surface area contributed by atoms with Crippen molar-refractivity contribution >= 4 is 23.3 Å². The summed E-state index contributed by atoms with van der Waals surface area (Å²) in [4.78, 5) is 13.6. The van der Waals surface area contributed by atoms with Gasteiger partial charge in [-0.25, -0.2) is 4.39 Å². The van der Waals surface area contributed by atoms with Gasteiger partial charge < -0.3 is 11.1 Å². The van der Waals surface area contributed by atoms with Gasteiger partial charge in [0.05, 0.1) is 12.5 Å². The molecule has 1 aliphatic rings. The van der Waals surface area contributed by atoms with Crippen LogP contribution in [-0.4, -0.2) is 46.9 Å². The zero-order chi connectivity index (χ0) is 21.9. The van der Waals surface area contributed by atoms with E-state index < -0.39 is 17.6 Å². The maximum absolute atomic E-state index is 15.5. The average Bonchev–Trinajstić information content (AvgIpc) is 3.17. The molecule has 2 atom stereocenters. The minimum absolute atomic E-state index is 0.0807. The van der Waals surface area contributed by atoms with Gasteiger partial charge in [-0.15, -0.1) is 6.42 Å². The third-order valence-electron chi connectivity index (χ3n) is 5.53. The Morgan fingerprint density at radius 2 is 2.33 bits per heavy atom. The van der Waals surface area contributed by atoms with Crippen LogP contribution >= 0.6 is 11.6 Å². The van der Waals surface area contributed by atoms with E-state index in [2.05, 4.69) is 22.4 Å². The predicted octanol–water partition coefficient (Wildman–Crippen LogP) is 2.51. The molecule has 2 aromatic rings. The van der Waals surface area contributed by atoms with Crippen LogP contribution in [-0.2, 0) is 12.1 Å². The molecule has 156 valence electrons. The molecule has 1 aromatic heterocycles. The SMILES string of the molecule is C#Cc1ccc(CN2CCC(CC#N)(n3cc(C(N)=O)c(NC)n3)C(F)C2)c(Cl)c1. The first-order valence-corrected chi connectivity index (χ1v) is 9.78. The van der Waals surface area contributed by atoms with Gasteiger partial charge in [0, 0.05) is 43.5 Å². The number of anilines is 1. The lowest BCUT2D eigenvalue weighted by Crippen LogP contribution is -2.54. The Balaban J connectivity index is 1.84. The summed E-state index contributed by atoms with van der Waals surface area (Å²) in [6, 6.07) is 7.42. The number of aromatic nitrogens is 2. The van der Waals surface area contributed by atoms with Crippen molar-refractivity contribution in [1.82, 2.24) is 14.7 Å². The molecule has 1 aromatic carbocycles. The first-order valence-electron chi connectivity index (χ1n) is 9.40. The van der Waals surface area contributed by atoms with Crippen LogP contribution in [0.5, 0.6) is 0 Å². The lowest BCUT2D eigenvalue weighted by atomic mass is 9.83. The maximum Gasteiger partial charge on any atom is 0.254 e. The number of carbonyl (C=O) groups is 1. The van der Waals surface area contributed by atoms with Crippen molar-refractivity contribution in [2.75, 3.05) is 25.5 Å². The van der Waals surface area contributed by atoms with E-state index in [9.17, 15) is 10.1 Å². The van der Waals surface area contributed by atoms with Crippen molar-refractivity contribution in [3.8, 4) is 18.4 Å². The van der Waals surface area contributed by atoms with Crippen LogP contribution in [0.4, 0.5) is 10.2 Å². The lowest BCUT2D eigenvalue weighted by Gasteiger charge is -2.43. The quantitative estimate of drug-likeness (QED) is 0.688. The summed E-state index contributed by atoms with van der Waals surface area (Å²) >= 11 is 6.31. The van der Waals surface area contributed by atoms with Crippen LogP contribution in [0.2, 0.25) is 5.02 Å².